The molecule has 7 heteroatoms. The first-order chi connectivity index (χ1) is 12.7. The van der Waals surface area contributed by atoms with Gasteiger partial charge in [-0.25, -0.2) is 15.0 Å². The van der Waals surface area contributed by atoms with Crippen molar-refractivity contribution in [2.24, 2.45) is 0 Å². The van der Waals surface area contributed by atoms with Crippen molar-refractivity contribution >= 4 is 17.2 Å². The van der Waals surface area contributed by atoms with E-state index in [1.807, 2.05) is 36.5 Å². The fraction of sp³-hybridized carbons (Fsp3) is 0.316. The average Bonchev–Trinajstić information content (AvgIpc) is 3.13. The predicted molar refractivity (Wildman–Crippen MR) is 101 cm³/mol. The number of benzene rings is 1. The van der Waals surface area contributed by atoms with Gasteiger partial charge in [-0.15, -0.1) is 11.3 Å². The van der Waals surface area contributed by atoms with Crippen LogP contribution in [0.1, 0.15) is 29.3 Å². The minimum Gasteiger partial charge on any atom is -0.496 e. The van der Waals surface area contributed by atoms with Crippen molar-refractivity contribution in [3.8, 4) is 16.3 Å². The van der Waals surface area contributed by atoms with Crippen molar-refractivity contribution in [1.82, 2.24) is 15.0 Å². The molecule has 1 fully saturated rings. The highest BCUT2D eigenvalue weighted by Crippen LogP contribution is 2.36. The van der Waals surface area contributed by atoms with E-state index in [1.165, 1.54) is 0 Å². The number of anilines is 1. The Kier molecular flexibility index (Phi) is 4.81. The normalized spacial score (nSPS) is 19.0. The molecule has 4 rings (SSSR count). The standard InChI is InChI=1S/C19H20N4O2S/c1-25-17-5-3-2-4-15(17)19-21-10-14(26-19)9-20-18-8-16(22-11-23-18)12-6-13(24)7-12/h2-5,8,10-13,24H,6-7,9H2,1H3,(H,20,22,23). The Morgan fingerprint density at radius 2 is 2.08 bits per heavy atom. The Bertz CT molecular complexity index is 893. The molecule has 0 bridgehead atoms. The van der Waals surface area contributed by atoms with E-state index >= 15 is 0 Å². The number of nitrogens with one attached hydrogen (secondary N) is 1. The number of rotatable bonds is 6. The molecule has 1 saturated carbocycles. The molecule has 0 spiro atoms. The Labute approximate surface area is 155 Å². The second-order valence-electron chi connectivity index (χ2n) is 6.34. The molecule has 0 radical (unpaired) electrons. The maximum absolute atomic E-state index is 9.46. The zero-order valence-corrected chi connectivity index (χ0v) is 15.2. The first-order valence-electron chi connectivity index (χ1n) is 8.55. The van der Waals surface area contributed by atoms with E-state index < -0.39 is 0 Å². The van der Waals surface area contributed by atoms with Gasteiger partial charge in [-0.05, 0) is 25.0 Å². The number of aliphatic hydroxyl groups excluding tert-OH is 1. The van der Waals surface area contributed by atoms with Gasteiger partial charge in [0.25, 0.3) is 0 Å². The van der Waals surface area contributed by atoms with Gasteiger partial charge in [0.1, 0.15) is 22.9 Å². The first-order valence-corrected chi connectivity index (χ1v) is 9.36. The Morgan fingerprint density at radius 3 is 2.88 bits per heavy atom. The Balaban J connectivity index is 1.43. The Hall–Kier alpha value is -2.51. The number of thiazole rings is 1. The lowest BCUT2D eigenvalue weighted by atomic mass is 9.80. The van der Waals surface area contributed by atoms with Crippen LogP contribution in [0.15, 0.2) is 42.9 Å². The highest BCUT2D eigenvalue weighted by atomic mass is 32.1. The molecule has 1 aliphatic carbocycles. The summed E-state index contributed by atoms with van der Waals surface area (Å²) < 4.78 is 5.41. The quantitative estimate of drug-likeness (QED) is 0.694. The van der Waals surface area contributed by atoms with Gasteiger partial charge in [-0.1, -0.05) is 12.1 Å². The molecule has 2 N–H and O–H groups in total. The smallest absolute Gasteiger partial charge is 0.129 e. The molecule has 1 aromatic carbocycles. The second kappa shape index (κ2) is 7.39. The van der Waals surface area contributed by atoms with E-state index in [4.69, 9.17) is 4.74 Å². The summed E-state index contributed by atoms with van der Waals surface area (Å²) >= 11 is 1.63. The van der Waals surface area contributed by atoms with Crippen LogP contribution in [0.4, 0.5) is 5.82 Å². The van der Waals surface area contributed by atoms with E-state index in [-0.39, 0.29) is 6.10 Å². The molecular weight excluding hydrogens is 348 g/mol. The van der Waals surface area contributed by atoms with E-state index in [2.05, 4.69) is 20.3 Å². The topological polar surface area (TPSA) is 80.2 Å². The molecule has 6 nitrogen and oxygen atoms in total. The minimum atomic E-state index is -0.183. The molecule has 2 aromatic heterocycles. The SMILES string of the molecule is COc1ccccc1-c1ncc(CNc2cc(C3CC(O)C3)ncn2)s1. The van der Waals surface area contributed by atoms with Gasteiger partial charge in [-0.2, -0.15) is 0 Å². The predicted octanol–water partition coefficient (Wildman–Crippen LogP) is 3.46. The number of nitrogens with zero attached hydrogens (tertiary/aromatic N) is 3. The maximum atomic E-state index is 9.46. The van der Waals surface area contributed by atoms with Gasteiger partial charge in [0.15, 0.2) is 0 Å². The summed E-state index contributed by atoms with van der Waals surface area (Å²) in [5, 5.41) is 13.7. The molecular formula is C19H20N4O2S. The fourth-order valence-electron chi connectivity index (χ4n) is 3.03. The molecule has 0 amide bonds. The van der Waals surface area contributed by atoms with Crippen molar-refractivity contribution in [3.63, 3.8) is 0 Å². The zero-order chi connectivity index (χ0) is 17.9. The van der Waals surface area contributed by atoms with Gasteiger partial charge >= 0.3 is 0 Å². The van der Waals surface area contributed by atoms with E-state index in [1.54, 1.807) is 24.8 Å². The summed E-state index contributed by atoms with van der Waals surface area (Å²) in [6, 6.07) is 9.86. The summed E-state index contributed by atoms with van der Waals surface area (Å²) in [6.45, 7) is 0.649. The van der Waals surface area contributed by atoms with Crippen molar-refractivity contribution in [2.75, 3.05) is 12.4 Å². The number of aromatic nitrogens is 3. The number of ether oxygens (including phenoxy) is 1. The summed E-state index contributed by atoms with van der Waals surface area (Å²) in [5.74, 6) is 1.96. The van der Waals surface area contributed by atoms with Crippen molar-refractivity contribution in [3.05, 3.63) is 53.4 Å². The summed E-state index contributed by atoms with van der Waals surface area (Å²) in [6.07, 6.45) is 4.84. The second-order valence-corrected chi connectivity index (χ2v) is 7.45. The molecule has 134 valence electrons. The zero-order valence-electron chi connectivity index (χ0n) is 14.4. The lowest BCUT2D eigenvalue weighted by Gasteiger charge is -2.30. The van der Waals surface area contributed by atoms with Crippen LogP contribution in [0.5, 0.6) is 5.75 Å². The lowest BCUT2D eigenvalue weighted by Crippen LogP contribution is -2.27. The van der Waals surface area contributed by atoms with Crippen LogP contribution in [0, 0.1) is 0 Å². The van der Waals surface area contributed by atoms with Crippen LogP contribution in [0.25, 0.3) is 10.6 Å². The summed E-state index contributed by atoms with van der Waals surface area (Å²) in [5.41, 5.74) is 1.99. The highest BCUT2D eigenvalue weighted by Gasteiger charge is 2.29. The summed E-state index contributed by atoms with van der Waals surface area (Å²) in [4.78, 5) is 14.3. The number of aliphatic hydroxyl groups is 1. The third-order valence-electron chi connectivity index (χ3n) is 4.55. The molecule has 26 heavy (non-hydrogen) atoms. The molecule has 2 heterocycles. The van der Waals surface area contributed by atoms with Gasteiger partial charge < -0.3 is 15.2 Å². The van der Waals surface area contributed by atoms with Crippen LogP contribution in [-0.2, 0) is 6.54 Å². The largest absolute Gasteiger partial charge is 0.496 e. The van der Waals surface area contributed by atoms with Crippen molar-refractivity contribution in [2.45, 2.75) is 31.4 Å². The number of hydrogen-bond acceptors (Lipinski definition) is 7. The van der Waals surface area contributed by atoms with E-state index in [9.17, 15) is 5.11 Å². The van der Waals surface area contributed by atoms with Crippen LogP contribution in [0.3, 0.4) is 0 Å². The number of methoxy groups -OCH3 is 1. The molecule has 0 saturated heterocycles. The first kappa shape index (κ1) is 16.9. The van der Waals surface area contributed by atoms with Gasteiger partial charge in [-0.3, -0.25) is 0 Å². The minimum absolute atomic E-state index is 0.183. The number of hydrogen-bond donors (Lipinski definition) is 2. The fourth-order valence-corrected chi connectivity index (χ4v) is 3.92. The Morgan fingerprint density at radius 1 is 1.23 bits per heavy atom. The molecule has 1 aliphatic rings. The monoisotopic (exact) mass is 368 g/mol. The van der Waals surface area contributed by atoms with Crippen LogP contribution in [-0.4, -0.2) is 33.3 Å². The van der Waals surface area contributed by atoms with E-state index in [0.29, 0.717) is 12.5 Å². The molecule has 0 atom stereocenters. The molecule has 0 unspecified atom stereocenters. The molecule has 3 aromatic rings. The van der Waals surface area contributed by atoms with Crippen LogP contribution in [0.2, 0.25) is 0 Å². The highest BCUT2D eigenvalue weighted by molar-refractivity contribution is 7.15. The third kappa shape index (κ3) is 3.54. The van der Waals surface area contributed by atoms with Gasteiger partial charge in [0, 0.05) is 28.8 Å². The number of para-hydroxylation sites is 1. The lowest BCUT2D eigenvalue weighted by molar-refractivity contribution is 0.0732. The van der Waals surface area contributed by atoms with E-state index in [0.717, 1.165) is 45.6 Å². The third-order valence-corrected chi connectivity index (χ3v) is 5.58. The van der Waals surface area contributed by atoms with Crippen molar-refractivity contribution < 1.29 is 9.84 Å². The molecule has 0 aliphatic heterocycles. The van der Waals surface area contributed by atoms with Gasteiger partial charge in [0.05, 0.1) is 25.3 Å². The maximum Gasteiger partial charge on any atom is 0.129 e. The van der Waals surface area contributed by atoms with Crippen LogP contribution < -0.4 is 10.1 Å². The van der Waals surface area contributed by atoms with Gasteiger partial charge in [0.2, 0.25) is 0 Å². The summed E-state index contributed by atoms with van der Waals surface area (Å²) in [7, 11) is 1.67. The average molecular weight is 368 g/mol. The van der Waals surface area contributed by atoms with Crippen LogP contribution >= 0.6 is 11.3 Å². The van der Waals surface area contributed by atoms with Crippen molar-refractivity contribution in [1.29, 1.82) is 0 Å².